The maximum atomic E-state index is 10.8. The minimum atomic E-state index is -0.0338. The highest BCUT2D eigenvalue weighted by molar-refractivity contribution is 5.72. The van der Waals surface area contributed by atoms with Gasteiger partial charge in [0, 0.05) is 31.9 Å². The number of aliphatic hydroxyl groups excluding tert-OH is 1. The van der Waals surface area contributed by atoms with Crippen LogP contribution in [-0.2, 0) is 9.53 Å². The Balaban J connectivity index is 1.97. The Hall–Kier alpha value is -0.870. The van der Waals surface area contributed by atoms with Crippen molar-refractivity contribution < 1.29 is 14.6 Å². The van der Waals surface area contributed by atoms with Crippen molar-refractivity contribution in [3.63, 3.8) is 0 Å². The highest BCUT2D eigenvalue weighted by Crippen LogP contribution is 2.38. The molecular formula is C10H15NO3. The van der Waals surface area contributed by atoms with Crippen molar-refractivity contribution in [2.24, 2.45) is 11.8 Å². The van der Waals surface area contributed by atoms with Gasteiger partial charge < -0.3 is 15.2 Å². The number of amides is 1. The fourth-order valence-corrected chi connectivity index (χ4v) is 2.23. The number of hydrogen-bond donors (Lipinski definition) is 2. The predicted molar refractivity (Wildman–Crippen MR) is 50.6 cm³/mol. The van der Waals surface area contributed by atoms with Gasteiger partial charge in [0.2, 0.25) is 5.91 Å². The van der Waals surface area contributed by atoms with Crippen LogP contribution in [0.1, 0.15) is 6.92 Å². The molecule has 0 aliphatic carbocycles. The lowest BCUT2D eigenvalue weighted by Crippen LogP contribution is -2.37. The van der Waals surface area contributed by atoms with Gasteiger partial charge in [0.15, 0.2) is 0 Å². The van der Waals surface area contributed by atoms with E-state index in [9.17, 15) is 9.90 Å². The number of carbonyl (C=O) groups is 1. The number of rotatable bonds is 3. The summed E-state index contributed by atoms with van der Waals surface area (Å²) in [7, 11) is 0. The lowest BCUT2D eigenvalue weighted by Gasteiger charge is -2.23. The third-order valence-electron chi connectivity index (χ3n) is 3.00. The van der Waals surface area contributed by atoms with Gasteiger partial charge in [-0.1, -0.05) is 12.2 Å². The molecule has 1 amide bonds. The first-order chi connectivity index (χ1) is 6.72. The molecule has 78 valence electrons. The Morgan fingerprint density at radius 2 is 2.07 bits per heavy atom. The largest absolute Gasteiger partial charge is 0.396 e. The van der Waals surface area contributed by atoms with E-state index in [0.29, 0.717) is 6.54 Å². The first kappa shape index (κ1) is 9.68. The Labute approximate surface area is 82.9 Å². The van der Waals surface area contributed by atoms with E-state index in [1.54, 1.807) is 0 Å². The second kappa shape index (κ2) is 3.71. The van der Waals surface area contributed by atoms with Crippen molar-refractivity contribution in [1.29, 1.82) is 0 Å². The molecule has 0 aromatic heterocycles. The Kier molecular flexibility index (Phi) is 2.56. The van der Waals surface area contributed by atoms with Crippen molar-refractivity contribution in [2.45, 2.75) is 19.1 Å². The molecule has 2 rings (SSSR count). The molecular weight excluding hydrogens is 182 g/mol. The van der Waals surface area contributed by atoms with Gasteiger partial charge in [0.1, 0.15) is 0 Å². The second-order valence-electron chi connectivity index (χ2n) is 3.90. The van der Waals surface area contributed by atoms with Gasteiger partial charge in [-0.3, -0.25) is 4.79 Å². The topological polar surface area (TPSA) is 58.6 Å². The summed E-state index contributed by atoms with van der Waals surface area (Å²) in [4.78, 5) is 10.8. The number of carbonyl (C=O) groups excluding carboxylic acids is 1. The first-order valence-electron chi connectivity index (χ1n) is 4.91. The summed E-state index contributed by atoms with van der Waals surface area (Å²) in [5, 5.41) is 12.0. The summed E-state index contributed by atoms with van der Waals surface area (Å²) in [5.74, 6) is 0.323. The summed E-state index contributed by atoms with van der Waals surface area (Å²) in [5.41, 5.74) is 0. The molecule has 0 radical (unpaired) electrons. The van der Waals surface area contributed by atoms with Crippen LogP contribution >= 0.6 is 0 Å². The average Bonchev–Trinajstić information content (AvgIpc) is 2.72. The van der Waals surface area contributed by atoms with E-state index in [4.69, 9.17) is 4.74 Å². The third-order valence-corrected chi connectivity index (χ3v) is 3.00. The summed E-state index contributed by atoms with van der Waals surface area (Å²) in [6.07, 6.45) is 4.13. The first-order valence-corrected chi connectivity index (χ1v) is 4.91. The average molecular weight is 197 g/mol. The van der Waals surface area contributed by atoms with Gasteiger partial charge in [-0.05, 0) is 0 Å². The molecule has 2 bridgehead atoms. The normalized spacial score (nSPS) is 39.0. The molecule has 4 nitrogen and oxygen atoms in total. The highest BCUT2D eigenvalue weighted by atomic mass is 16.5. The van der Waals surface area contributed by atoms with Crippen LogP contribution in [-0.4, -0.2) is 36.4 Å². The fourth-order valence-electron chi connectivity index (χ4n) is 2.23. The molecule has 0 aromatic carbocycles. The number of fused-ring (bicyclic) bond motifs is 2. The zero-order chi connectivity index (χ0) is 10.1. The van der Waals surface area contributed by atoms with Crippen molar-refractivity contribution in [2.75, 3.05) is 13.2 Å². The Morgan fingerprint density at radius 1 is 1.43 bits per heavy atom. The van der Waals surface area contributed by atoms with Crippen molar-refractivity contribution in [1.82, 2.24) is 5.32 Å². The maximum Gasteiger partial charge on any atom is 0.216 e. The molecule has 1 saturated heterocycles. The van der Waals surface area contributed by atoms with Gasteiger partial charge >= 0.3 is 0 Å². The lowest BCUT2D eigenvalue weighted by atomic mass is 9.83. The molecule has 4 unspecified atom stereocenters. The van der Waals surface area contributed by atoms with Crippen LogP contribution in [0.5, 0.6) is 0 Å². The quantitative estimate of drug-likeness (QED) is 0.610. The number of ether oxygens (including phenoxy) is 1. The van der Waals surface area contributed by atoms with E-state index in [0.717, 1.165) is 0 Å². The number of nitrogens with one attached hydrogen (secondary N) is 1. The molecule has 0 saturated carbocycles. The maximum absolute atomic E-state index is 10.8. The highest BCUT2D eigenvalue weighted by Gasteiger charge is 2.45. The van der Waals surface area contributed by atoms with Gasteiger partial charge in [0.25, 0.3) is 0 Å². The minimum Gasteiger partial charge on any atom is -0.396 e. The fraction of sp³-hybridized carbons (Fsp3) is 0.700. The van der Waals surface area contributed by atoms with Crippen LogP contribution in [0.3, 0.4) is 0 Å². The van der Waals surface area contributed by atoms with Crippen LogP contribution in [0.25, 0.3) is 0 Å². The third kappa shape index (κ3) is 1.55. The molecule has 0 spiro atoms. The van der Waals surface area contributed by atoms with Gasteiger partial charge in [-0.25, -0.2) is 0 Å². The van der Waals surface area contributed by atoms with Crippen LogP contribution in [0.2, 0.25) is 0 Å². The SMILES string of the molecule is CC(=O)NCC1C2C=CC(O2)C1CO. The standard InChI is InChI=1S/C10H15NO3/c1-6(13)11-4-7-8(5-12)10-3-2-9(7)14-10/h2-3,7-10,12H,4-5H2,1H3,(H,11,13). The number of hydrogen-bond acceptors (Lipinski definition) is 3. The molecule has 1 fully saturated rings. The van der Waals surface area contributed by atoms with E-state index in [2.05, 4.69) is 5.32 Å². The molecule has 14 heavy (non-hydrogen) atoms. The van der Waals surface area contributed by atoms with Crippen molar-refractivity contribution in [3.05, 3.63) is 12.2 Å². The van der Waals surface area contributed by atoms with E-state index in [1.165, 1.54) is 6.92 Å². The van der Waals surface area contributed by atoms with Crippen LogP contribution in [0.4, 0.5) is 0 Å². The Morgan fingerprint density at radius 3 is 2.64 bits per heavy atom. The monoisotopic (exact) mass is 197 g/mol. The molecule has 2 heterocycles. The summed E-state index contributed by atoms with van der Waals surface area (Å²) >= 11 is 0. The molecule has 2 aliphatic rings. The minimum absolute atomic E-state index is 0.0338. The van der Waals surface area contributed by atoms with E-state index in [-0.39, 0.29) is 36.6 Å². The lowest BCUT2D eigenvalue weighted by molar-refractivity contribution is -0.119. The van der Waals surface area contributed by atoms with Gasteiger partial charge in [0.05, 0.1) is 12.2 Å². The van der Waals surface area contributed by atoms with Crippen LogP contribution in [0.15, 0.2) is 12.2 Å². The van der Waals surface area contributed by atoms with E-state index < -0.39 is 0 Å². The Bertz CT molecular complexity index is 264. The second-order valence-corrected chi connectivity index (χ2v) is 3.90. The zero-order valence-corrected chi connectivity index (χ0v) is 8.14. The number of aliphatic hydroxyl groups is 1. The van der Waals surface area contributed by atoms with E-state index in [1.807, 2.05) is 12.2 Å². The van der Waals surface area contributed by atoms with Crippen LogP contribution < -0.4 is 5.32 Å². The van der Waals surface area contributed by atoms with E-state index >= 15 is 0 Å². The summed E-state index contributed by atoms with van der Waals surface area (Å²) < 4.78 is 5.60. The molecule has 2 N–H and O–H groups in total. The van der Waals surface area contributed by atoms with Crippen LogP contribution in [0, 0.1) is 11.8 Å². The molecule has 0 aromatic rings. The van der Waals surface area contributed by atoms with Gasteiger partial charge in [-0.2, -0.15) is 0 Å². The predicted octanol–water partition coefficient (Wildman–Crippen LogP) is -0.316. The zero-order valence-electron chi connectivity index (χ0n) is 8.14. The summed E-state index contributed by atoms with van der Waals surface area (Å²) in [6.45, 7) is 2.21. The van der Waals surface area contributed by atoms with Gasteiger partial charge in [-0.15, -0.1) is 0 Å². The molecule has 2 aliphatic heterocycles. The summed E-state index contributed by atoms with van der Waals surface area (Å²) in [6, 6.07) is 0. The smallest absolute Gasteiger partial charge is 0.216 e. The van der Waals surface area contributed by atoms with Crippen molar-refractivity contribution in [3.8, 4) is 0 Å². The van der Waals surface area contributed by atoms with Crippen molar-refractivity contribution >= 4 is 5.91 Å². The molecule has 4 atom stereocenters. The molecule has 4 heteroatoms.